The molecule has 2 aliphatic heterocycles. The molecule has 2 fully saturated rings. The Morgan fingerprint density at radius 1 is 0.878 bits per heavy atom. The molecular weight excluding hydrogens is 633 g/mol. The van der Waals surface area contributed by atoms with Gasteiger partial charge in [0.05, 0.1) is 13.7 Å². The van der Waals surface area contributed by atoms with Crippen LogP contribution in [0.5, 0.6) is 17.2 Å². The highest BCUT2D eigenvalue weighted by Gasteiger charge is 2.25. The number of methoxy groups -OCH3 is 1. The van der Waals surface area contributed by atoms with Gasteiger partial charge in [0.1, 0.15) is 30.5 Å². The molecule has 1 atom stereocenters. The number of hydrogen-bond acceptors (Lipinski definition) is 8. The lowest BCUT2D eigenvalue weighted by atomic mass is 9.96. The van der Waals surface area contributed by atoms with Crippen molar-refractivity contribution in [1.29, 1.82) is 0 Å². The van der Waals surface area contributed by atoms with Crippen molar-refractivity contribution in [2.75, 3.05) is 46.5 Å². The van der Waals surface area contributed by atoms with E-state index in [0.29, 0.717) is 24.3 Å². The Labute approximate surface area is 292 Å². The molecule has 49 heavy (non-hydrogen) atoms. The average molecular weight is 677 g/mol. The second kappa shape index (κ2) is 15.6. The number of aliphatic hydroxyl groups is 1. The summed E-state index contributed by atoms with van der Waals surface area (Å²) in [5.74, 6) is 2.26. The first-order chi connectivity index (χ1) is 24.1. The zero-order chi connectivity index (χ0) is 33.6. The largest absolute Gasteiger partial charge is 0.496 e. The maximum Gasteiger partial charge on any atom is 0.195 e. The maximum absolute atomic E-state index is 14.5. The Kier molecular flexibility index (Phi) is 10.6. The van der Waals surface area contributed by atoms with Gasteiger partial charge in [-0.2, -0.15) is 0 Å². The topological polar surface area (TPSA) is 71.5 Å². The maximum atomic E-state index is 14.5. The number of carbonyl (C=O) groups is 1. The zero-order valence-electron chi connectivity index (χ0n) is 28.1. The number of ketones is 1. The molecule has 0 aliphatic carbocycles. The van der Waals surface area contributed by atoms with Gasteiger partial charge in [-0.05, 0) is 105 Å². The fraction of sp³-hybridized carbons (Fsp3) is 0.341. The number of nitrogens with zero attached hydrogens (tertiary/aromatic N) is 2. The minimum atomic E-state index is -0.0328. The van der Waals surface area contributed by atoms with Crippen molar-refractivity contribution in [3.8, 4) is 27.7 Å². The van der Waals surface area contributed by atoms with Crippen LogP contribution in [-0.4, -0.2) is 73.2 Å². The van der Waals surface area contributed by atoms with E-state index in [1.807, 2.05) is 78.9 Å². The minimum absolute atomic E-state index is 0.0328. The highest BCUT2D eigenvalue weighted by Crippen LogP contribution is 2.42. The number of ether oxygens (including phenoxy) is 3. The summed E-state index contributed by atoms with van der Waals surface area (Å²) >= 11 is 1.60. The molecule has 1 aromatic heterocycles. The monoisotopic (exact) mass is 676 g/mol. The van der Waals surface area contributed by atoms with Gasteiger partial charge >= 0.3 is 0 Å². The molecule has 2 saturated heterocycles. The molecule has 1 unspecified atom stereocenters. The predicted octanol–water partition coefficient (Wildman–Crippen LogP) is 7.82. The van der Waals surface area contributed by atoms with Gasteiger partial charge in [-0.25, -0.2) is 0 Å². The van der Waals surface area contributed by atoms with Crippen LogP contribution in [0.1, 0.15) is 52.7 Å². The third-order valence-electron chi connectivity index (χ3n) is 9.75. The SMILES string of the molecule is COc1cc(C(=O)c2c(-c3ccc(OCCN4CCCC4CO)cc3)sc3cc(OCc4ccccc4)ccc23)ccc1CN1CCCC1. The Morgan fingerprint density at radius 2 is 1.67 bits per heavy atom. The van der Waals surface area contributed by atoms with Gasteiger partial charge in [-0.15, -0.1) is 11.3 Å². The molecule has 7 rings (SSSR count). The van der Waals surface area contributed by atoms with E-state index in [9.17, 15) is 9.90 Å². The van der Waals surface area contributed by atoms with Crippen molar-refractivity contribution in [2.24, 2.45) is 0 Å². The van der Waals surface area contributed by atoms with Crippen LogP contribution in [0.4, 0.5) is 0 Å². The molecule has 0 radical (unpaired) electrons. The average Bonchev–Trinajstić information content (AvgIpc) is 3.92. The van der Waals surface area contributed by atoms with Crippen molar-refractivity contribution in [3.05, 3.63) is 113 Å². The first-order valence-electron chi connectivity index (χ1n) is 17.3. The summed E-state index contributed by atoms with van der Waals surface area (Å²) in [5.41, 5.74) is 4.45. The summed E-state index contributed by atoms with van der Waals surface area (Å²) in [6.07, 6.45) is 4.61. The molecule has 3 heterocycles. The van der Waals surface area contributed by atoms with E-state index in [2.05, 4.69) is 21.9 Å². The highest BCUT2D eigenvalue weighted by molar-refractivity contribution is 7.22. The lowest BCUT2D eigenvalue weighted by Crippen LogP contribution is -2.35. The number of aliphatic hydroxyl groups excluding tert-OH is 1. The number of hydrogen-bond donors (Lipinski definition) is 1. The lowest BCUT2D eigenvalue weighted by Gasteiger charge is -2.22. The number of benzene rings is 4. The number of likely N-dealkylation sites (tertiary alicyclic amines) is 2. The van der Waals surface area contributed by atoms with E-state index in [4.69, 9.17) is 14.2 Å². The van der Waals surface area contributed by atoms with Crippen LogP contribution in [0, 0.1) is 0 Å². The van der Waals surface area contributed by atoms with E-state index >= 15 is 0 Å². The van der Waals surface area contributed by atoms with Gasteiger partial charge in [-0.3, -0.25) is 14.6 Å². The van der Waals surface area contributed by atoms with Gasteiger partial charge in [0.15, 0.2) is 5.78 Å². The predicted molar refractivity (Wildman–Crippen MR) is 196 cm³/mol. The van der Waals surface area contributed by atoms with Crippen LogP contribution in [0.2, 0.25) is 0 Å². The van der Waals surface area contributed by atoms with E-state index in [0.717, 1.165) is 94.5 Å². The number of thiophene rings is 1. The number of fused-ring (bicyclic) bond motifs is 1. The molecular formula is C41H44N2O5S. The van der Waals surface area contributed by atoms with Crippen LogP contribution in [0.25, 0.3) is 20.5 Å². The Bertz CT molecular complexity index is 1870. The summed E-state index contributed by atoms with van der Waals surface area (Å²) < 4.78 is 19.1. The molecule has 0 spiro atoms. The van der Waals surface area contributed by atoms with Crippen LogP contribution >= 0.6 is 11.3 Å². The minimum Gasteiger partial charge on any atom is -0.496 e. The zero-order valence-corrected chi connectivity index (χ0v) is 28.9. The van der Waals surface area contributed by atoms with E-state index in [1.165, 1.54) is 12.8 Å². The second-order valence-electron chi connectivity index (χ2n) is 13.0. The van der Waals surface area contributed by atoms with Crippen molar-refractivity contribution < 1.29 is 24.1 Å². The van der Waals surface area contributed by atoms with Crippen LogP contribution in [-0.2, 0) is 13.2 Å². The summed E-state index contributed by atoms with van der Waals surface area (Å²) in [6.45, 7) is 6.03. The fourth-order valence-electron chi connectivity index (χ4n) is 7.06. The summed E-state index contributed by atoms with van der Waals surface area (Å²) in [5, 5.41) is 10.5. The van der Waals surface area contributed by atoms with Gasteiger partial charge < -0.3 is 19.3 Å². The second-order valence-corrected chi connectivity index (χ2v) is 14.0. The standard InChI is InChI=1S/C41H44N2O5S/c1-46-37-24-31(11-12-32(37)26-42-19-5-6-20-42)40(45)39-36-18-17-35(48-28-29-8-3-2-4-9-29)25-38(36)49-41(39)30-13-15-34(16-14-30)47-23-22-43-21-7-10-33(43)27-44/h2-4,8-9,11-18,24-25,33,44H,5-7,10,19-23,26-28H2,1H3. The van der Waals surface area contributed by atoms with Gasteiger partial charge in [0.25, 0.3) is 0 Å². The quantitative estimate of drug-likeness (QED) is 0.120. The third-order valence-corrected chi connectivity index (χ3v) is 11.0. The van der Waals surface area contributed by atoms with E-state index in [1.54, 1.807) is 18.4 Å². The summed E-state index contributed by atoms with van der Waals surface area (Å²) in [6, 6.07) is 30.3. The molecule has 0 bridgehead atoms. The molecule has 4 aromatic carbocycles. The first-order valence-corrected chi connectivity index (χ1v) is 18.2. The third kappa shape index (κ3) is 7.68. The Hall–Kier alpha value is -4.21. The van der Waals surface area contributed by atoms with Gasteiger partial charge in [0.2, 0.25) is 0 Å². The van der Waals surface area contributed by atoms with Crippen molar-refractivity contribution in [3.63, 3.8) is 0 Å². The smallest absolute Gasteiger partial charge is 0.195 e. The van der Waals surface area contributed by atoms with E-state index in [-0.39, 0.29) is 18.4 Å². The Balaban J connectivity index is 1.17. The molecule has 8 heteroatoms. The molecule has 5 aromatic rings. The van der Waals surface area contributed by atoms with Crippen molar-refractivity contribution >= 4 is 27.2 Å². The van der Waals surface area contributed by atoms with Crippen LogP contribution in [0.3, 0.4) is 0 Å². The molecule has 2 aliphatic rings. The van der Waals surface area contributed by atoms with Crippen LogP contribution in [0.15, 0.2) is 91.0 Å². The van der Waals surface area contributed by atoms with Crippen LogP contribution < -0.4 is 14.2 Å². The number of rotatable bonds is 14. The summed E-state index contributed by atoms with van der Waals surface area (Å²) in [7, 11) is 1.68. The van der Waals surface area contributed by atoms with Crippen molar-refractivity contribution in [2.45, 2.75) is 44.9 Å². The normalized spacial score (nSPS) is 16.7. The lowest BCUT2D eigenvalue weighted by molar-refractivity contribution is 0.104. The molecule has 0 saturated carbocycles. The Morgan fingerprint density at radius 3 is 2.45 bits per heavy atom. The first kappa shape index (κ1) is 33.3. The van der Waals surface area contributed by atoms with Crippen molar-refractivity contribution in [1.82, 2.24) is 9.80 Å². The van der Waals surface area contributed by atoms with E-state index < -0.39 is 0 Å². The molecule has 254 valence electrons. The highest BCUT2D eigenvalue weighted by atomic mass is 32.1. The fourth-order valence-corrected chi connectivity index (χ4v) is 8.29. The molecule has 7 nitrogen and oxygen atoms in total. The number of carbonyl (C=O) groups excluding carboxylic acids is 1. The van der Waals surface area contributed by atoms with Gasteiger partial charge in [0, 0.05) is 50.8 Å². The summed E-state index contributed by atoms with van der Waals surface area (Å²) in [4.78, 5) is 20.1. The molecule has 1 N–H and O–H groups in total. The molecule has 0 amide bonds. The van der Waals surface area contributed by atoms with Gasteiger partial charge in [-0.1, -0.05) is 42.5 Å².